The molecule has 0 aromatic rings. The van der Waals surface area contributed by atoms with E-state index < -0.39 is 0 Å². The molecule has 4 heteroatoms. The summed E-state index contributed by atoms with van der Waals surface area (Å²) in [6.45, 7) is 7.47. The zero-order valence-corrected chi connectivity index (χ0v) is 10.5. The van der Waals surface area contributed by atoms with Gasteiger partial charge in [-0.3, -0.25) is 4.79 Å². The number of aliphatic hydroxyl groups is 1. The van der Waals surface area contributed by atoms with Crippen molar-refractivity contribution in [3.05, 3.63) is 0 Å². The van der Waals surface area contributed by atoms with E-state index in [-0.39, 0.29) is 30.0 Å². The Bertz CT molecular complexity index is 240. The third-order valence-electron chi connectivity index (χ3n) is 3.24. The first-order chi connectivity index (χ1) is 7.46. The highest BCUT2D eigenvalue weighted by molar-refractivity contribution is 5.79. The fourth-order valence-corrected chi connectivity index (χ4v) is 1.92. The molecule has 0 spiro atoms. The quantitative estimate of drug-likeness (QED) is 0.737. The second-order valence-corrected chi connectivity index (χ2v) is 5.33. The molecule has 1 saturated heterocycles. The molecule has 0 bridgehead atoms. The van der Waals surface area contributed by atoms with Crippen LogP contribution in [0.15, 0.2) is 0 Å². The van der Waals surface area contributed by atoms with Crippen LogP contribution in [0.2, 0.25) is 0 Å². The van der Waals surface area contributed by atoms with Gasteiger partial charge in [0, 0.05) is 19.8 Å². The Morgan fingerprint density at radius 3 is 2.75 bits per heavy atom. The predicted octanol–water partition coefficient (Wildman–Crippen LogP) is 0.936. The minimum Gasteiger partial charge on any atom is -0.396 e. The van der Waals surface area contributed by atoms with Crippen LogP contribution in [-0.2, 0) is 9.53 Å². The number of carbonyl (C=O) groups is 1. The summed E-state index contributed by atoms with van der Waals surface area (Å²) in [7, 11) is 0. The number of ether oxygens (including phenoxy) is 1. The maximum absolute atomic E-state index is 11.9. The molecule has 2 N–H and O–H groups in total. The number of hydrogen-bond donors (Lipinski definition) is 2. The molecule has 0 aliphatic carbocycles. The van der Waals surface area contributed by atoms with Crippen molar-refractivity contribution in [1.29, 1.82) is 0 Å². The minimum absolute atomic E-state index is 0.00933. The highest BCUT2D eigenvalue weighted by Gasteiger charge is 2.31. The summed E-state index contributed by atoms with van der Waals surface area (Å²) in [6, 6.07) is 0. The van der Waals surface area contributed by atoms with E-state index in [1.165, 1.54) is 0 Å². The van der Waals surface area contributed by atoms with Gasteiger partial charge < -0.3 is 15.2 Å². The van der Waals surface area contributed by atoms with Gasteiger partial charge in [-0.2, -0.15) is 0 Å². The summed E-state index contributed by atoms with van der Waals surface area (Å²) in [6.07, 6.45) is 1.54. The maximum atomic E-state index is 11.9. The zero-order chi connectivity index (χ0) is 12.2. The van der Waals surface area contributed by atoms with Crippen molar-refractivity contribution in [2.24, 2.45) is 11.3 Å². The lowest BCUT2D eigenvalue weighted by Crippen LogP contribution is -2.39. The third kappa shape index (κ3) is 3.76. The number of hydrogen-bond acceptors (Lipinski definition) is 3. The lowest BCUT2D eigenvalue weighted by molar-refractivity contribution is -0.126. The van der Waals surface area contributed by atoms with Crippen LogP contribution in [0, 0.1) is 11.3 Å². The lowest BCUT2D eigenvalue weighted by Gasteiger charge is -2.25. The van der Waals surface area contributed by atoms with E-state index in [1.54, 1.807) is 0 Å². The van der Waals surface area contributed by atoms with Crippen LogP contribution >= 0.6 is 0 Å². The normalized spacial score (nSPS) is 25.8. The highest BCUT2D eigenvalue weighted by Crippen LogP contribution is 2.22. The van der Waals surface area contributed by atoms with E-state index in [0.717, 1.165) is 6.42 Å². The number of aliphatic hydroxyl groups excluding tert-OH is 1. The fraction of sp³-hybridized carbons (Fsp3) is 0.917. The molecule has 1 aliphatic heterocycles. The molecule has 0 aromatic carbocycles. The van der Waals surface area contributed by atoms with Crippen LogP contribution in [0.1, 0.15) is 33.6 Å². The van der Waals surface area contributed by atoms with Crippen LogP contribution in [-0.4, -0.2) is 36.9 Å². The molecule has 16 heavy (non-hydrogen) atoms. The van der Waals surface area contributed by atoms with Gasteiger partial charge in [-0.05, 0) is 25.2 Å². The largest absolute Gasteiger partial charge is 0.396 e. The first-order valence-electron chi connectivity index (χ1n) is 5.96. The van der Waals surface area contributed by atoms with E-state index in [4.69, 9.17) is 9.84 Å². The Kier molecular flexibility index (Phi) is 4.74. The molecular formula is C12H23NO3. The van der Waals surface area contributed by atoms with Gasteiger partial charge in [0.2, 0.25) is 5.91 Å². The first kappa shape index (κ1) is 13.5. The summed E-state index contributed by atoms with van der Waals surface area (Å²) in [5.41, 5.74) is -0.0485. The summed E-state index contributed by atoms with van der Waals surface area (Å²) in [5.74, 6) is 0.0703. The molecule has 0 radical (unpaired) electrons. The molecule has 1 aliphatic rings. The van der Waals surface area contributed by atoms with Gasteiger partial charge in [-0.1, -0.05) is 13.8 Å². The molecule has 0 aromatic heterocycles. The number of carbonyl (C=O) groups excluding carboxylic acids is 1. The number of rotatable bonds is 5. The van der Waals surface area contributed by atoms with Crippen LogP contribution in [0.4, 0.5) is 0 Å². The maximum Gasteiger partial charge on any atom is 0.225 e. The average Bonchev–Trinajstić information content (AvgIpc) is 2.61. The number of amides is 1. The molecule has 1 fully saturated rings. The standard InChI is InChI=1S/C12H23NO3/c1-9-10(4-7-16-9)11(15)13-8-12(2,3)5-6-14/h9-10,14H,4-8H2,1-3H3,(H,13,15). The van der Waals surface area contributed by atoms with Gasteiger partial charge in [-0.15, -0.1) is 0 Å². The number of nitrogens with one attached hydrogen (secondary N) is 1. The highest BCUT2D eigenvalue weighted by atomic mass is 16.5. The lowest BCUT2D eigenvalue weighted by atomic mass is 9.89. The van der Waals surface area contributed by atoms with Crippen LogP contribution < -0.4 is 5.32 Å². The first-order valence-corrected chi connectivity index (χ1v) is 5.96. The molecule has 1 heterocycles. The van der Waals surface area contributed by atoms with E-state index in [9.17, 15) is 4.79 Å². The van der Waals surface area contributed by atoms with Crippen molar-refractivity contribution in [3.8, 4) is 0 Å². The monoisotopic (exact) mass is 229 g/mol. The second-order valence-electron chi connectivity index (χ2n) is 5.33. The van der Waals surface area contributed by atoms with Gasteiger partial charge in [0.15, 0.2) is 0 Å². The Labute approximate surface area is 97.4 Å². The van der Waals surface area contributed by atoms with E-state index in [1.807, 2.05) is 20.8 Å². The van der Waals surface area contributed by atoms with Crippen molar-refractivity contribution < 1.29 is 14.6 Å². The third-order valence-corrected chi connectivity index (χ3v) is 3.24. The van der Waals surface area contributed by atoms with Crippen molar-refractivity contribution in [1.82, 2.24) is 5.32 Å². The summed E-state index contributed by atoms with van der Waals surface area (Å²) in [5, 5.41) is 11.8. The molecule has 2 atom stereocenters. The Balaban J connectivity index is 2.34. The molecule has 0 saturated carbocycles. The average molecular weight is 229 g/mol. The van der Waals surface area contributed by atoms with Gasteiger partial charge >= 0.3 is 0 Å². The van der Waals surface area contributed by atoms with Crippen LogP contribution in [0.3, 0.4) is 0 Å². The topological polar surface area (TPSA) is 58.6 Å². The SMILES string of the molecule is CC1OCCC1C(=O)NCC(C)(C)CCO. The molecule has 2 unspecified atom stereocenters. The summed E-state index contributed by atoms with van der Waals surface area (Å²) >= 11 is 0. The van der Waals surface area contributed by atoms with Gasteiger partial charge in [0.1, 0.15) is 0 Å². The van der Waals surface area contributed by atoms with Crippen LogP contribution in [0.5, 0.6) is 0 Å². The molecule has 1 rings (SSSR count). The van der Waals surface area contributed by atoms with Crippen molar-refractivity contribution >= 4 is 5.91 Å². The Morgan fingerprint density at radius 1 is 1.56 bits per heavy atom. The second kappa shape index (κ2) is 5.64. The van der Waals surface area contributed by atoms with E-state index in [0.29, 0.717) is 19.6 Å². The van der Waals surface area contributed by atoms with Crippen molar-refractivity contribution in [2.45, 2.75) is 39.7 Å². The van der Waals surface area contributed by atoms with Crippen molar-refractivity contribution in [2.75, 3.05) is 19.8 Å². The molecular weight excluding hydrogens is 206 g/mol. The Hall–Kier alpha value is -0.610. The van der Waals surface area contributed by atoms with Crippen molar-refractivity contribution in [3.63, 3.8) is 0 Å². The summed E-state index contributed by atoms with van der Waals surface area (Å²) < 4.78 is 5.37. The van der Waals surface area contributed by atoms with E-state index >= 15 is 0 Å². The van der Waals surface area contributed by atoms with Gasteiger partial charge in [0.25, 0.3) is 0 Å². The van der Waals surface area contributed by atoms with Crippen LogP contribution in [0.25, 0.3) is 0 Å². The van der Waals surface area contributed by atoms with E-state index in [2.05, 4.69) is 5.32 Å². The molecule has 94 valence electrons. The predicted molar refractivity (Wildman–Crippen MR) is 62.0 cm³/mol. The summed E-state index contributed by atoms with van der Waals surface area (Å²) in [4.78, 5) is 11.9. The molecule has 1 amide bonds. The zero-order valence-electron chi connectivity index (χ0n) is 10.5. The fourth-order valence-electron chi connectivity index (χ4n) is 1.92. The van der Waals surface area contributed by atoms with Gasteiger partial charge in [0.05, 0.1) is 12.0 Å². The van der Waals surface area contributed by atoms with Gasteiger partial charge in [-0.25, -0.2) is 0 Å². The molecule has 4 nitrogen and oxygen atoms in total. The smallest absolute Gasteiger partial charge is 0.225 e. The Morgan fingerprint density at radius 2 is 2.25 bits per heavy atom. The minimum atomic E-state index is -0.0485.